The lowest BCUT2D eigenvalue weighted by atomic mass is 9.67. The highest BCUT2D eigenvalue weighted by Crippen LogP contribution is 2.44. The fraction of sp³-hybridized carbons (Fsp3) is 0.455. The molecule has 0 radical (unpaired) electrons. The maximum Gasteiger partial charge on any atom is 0.228 e. The Kier molecular flexibility index (Phi) is 7.87. The molecule has 4 rings (SSSR count). The highest BCUT2D eigenvalue weighted by Gasteiger charge is 2.49. The number of carbonyl (C=O) groups excluding carboxylic acids is 1. The van der Waals surface area contributed by atoms with Crippen LogP contribution in [0.5, 0.6) is 0 Å². The van der Waals surface area contributed by atoms with Crippen molar-refractivity contribution in [3.8, 4) is 11.1 Å². The van der Waals surface area contributed by atoms with Crippen LogP contribution in [-0.4, -0.2) is 24.0 Å². The van der Waals surface area contributed by atoms with Crippen LogP contribution in [0.25, 0.3) is 11.1 Å². The van der Waals surface area contributed by atoms with Gasteiger partial charge in [0.1, 0.15) is 0 Å². The number of carbonyl (C=O) groups is 1. The van der Waals surface area contributed by atoms with Crippen molar-refractivity contribution < 1.29 is 4.79 Å². The first-order valence-corrected chi connectivity index (χ1v) is 9.71. The van der Waals surface area contributed by atoms with Gasteiger partial charge in [0.15, 0.2) is 0 Å². The van der Waals surface area contributed by atoms with Gasteiger partial charge < -0.3 is 10.6 Å². The molecule has 1 amide bonds. The van der Waals surface area contributed by atoms with Gasteiger partial charge in [-0.05, 0) is 55.0 Å². The van der Waals surface area contributed by atoms with Gasteiger partial charge in [0.05, 0.1) is 11.5 Å². The van der Waals surface area contributed by atoms with Gasteiger partial charge in [-0.1, -0.05) is 43.2 Å². The van der Waals surface area contributed by atoms with Gasteiger partial charge in [-0.2, -0.15) is 0 Å². The Balaban J connectivity index is 0.00000140. The van der Waals surface area contributed by atoms with Crippen LogP contribution in [0.3, 0.4) is 0 Å². The number of fused-ring (bicyclic) bond motifs is 1. The van der Waals surface area contributed by atoms with E-state index in [0.29, 0.717) is 5.92 Å². The summed E-state index contributed by atoms with van der Waals surface area (Å²) in [6.45, 7) is 3.89. The van der Waals surface area contributed by atoms with Crippen LogP contribution < -0.4 is 10.6 Å². The molecule has 2 aromatic rings. The lowest BCUT2D eigenvalue weighted by Crippen LogP contribution is -2.48. The van der Waals surface area contributed by atoms with E-state index in [1.165, 1.54) is 19.3 Å². The molecule has 28 heavy (non-hydrogen) atoms. The third kappa shape index (κ3) is 4.35. The number of benzene rings is 1. The molecule has 1 aliphatic carbocycles. The van der Waals surface area contributed by atoms with E-state index in [9.17, 15) is 4.79 Å². The Morgan fingerprint density at radius 1 is 1.18 bits per heavy atom. The summed E-state index contributed by atoms with van der Waals surface area (Å²) in [5, 5.41) is 6.75. The van der Waals surface area contributed by atoms with Gasteiger partial charge in [0.2, 0.25) is 5.91 Å². The molecule has 2 aliphatic rings. The number of pyridine rings is 1. The number of nitrogens with zero attached hydrogens (tertiary/aromatic N) is 1. The molecule has 152 valence electrons. The topological polar surface area (TPSA) is 54.0 Å². The van der Waals surface area contributed by atoms with Crippen molar-refractivity contribution in [2.75, 3.05) is 13.1 Å². The summed E-state index contributed by atoms with van der Waals surface area (Å²) in [6.07, 6.45) is 8.27. The first kappa shape index (κ1) is 22.7. The maximum absolute atomic E-state index is 13.1. The predicted molar refractivity (Wildman–Crippen MR) is 118 cm³/mol. The maximum atomic E-state index is 13.1. The summed E-state index contributed by atoms with van der Waals surface area (Å²) in [5.41, 5.74) is 3.20. The van der Waals surface area contributed by atoms with E-state index in [-0.39, 0.29) is 42.2 Å². The summed E-state index contributed by atoms with van der Waals surface area (Å²) >= 11 is 0. The Morgan fingerprint density at radius 3 is 2.68 bits per heavy atom. The van der Waals surface area contributed by atoms with Crippen molar-refractivity contribution in [2.24, 2.45) is 11.3 Å². The lowest BCUT2D eigenvalue weighted by Gasteiger charge is -2.38. The van der Waals surface area contributed by atoms with Crippen LogP contribution in [0.4, 0.5) is 0 Å². The molecule has 2 N–H and O–H groups in total. The molecular weight excluding hydrogens is 393 g/mol. The fourth-order valence-corrected chi connectivity index (χ4v) is 4.61. The quantitative estimate of drug-likeness (QED) is 0.760. The smallest absolute Gasteiger partial charge is 0.228 e. The number of amides is 1. The van der Waals surface area contributed by atoms with E-state index >= 15 is 0 Å². The van der Waals surface area contributed by atoms with Gasteiger partial charge in [-0.3, -0.25) is 9.78 Å². The molecule has 6 heteroatoms. The second kappa shape index (κ2) is 9.73. The average molecular weight is 422 g/mol. The predicted octanol–water partition coefficient (Wildman–Crippen LogP) is 4.55. The standard InChI is InChI=1S/C22H27N3O.2ClH/c1-16(17-7-9-18(10-8-17)19-5-4-12-23-13-19)25-21(26)22-11-3-2-6-20(22)14-24-15-22;;/h4-5,7-10,12-13,16,20,24H,2-3,6,11,14-15H2,1H3,(H,25,26);2*1H/t16?,20-,22+;;/m0../s1. The number of aromatic nitrogens is 1. The zero-order chi connectivity index (χ0) is 18.0. The molecule has 1 aliphatic heterocycles. The highest BCUT2D eigenvalue weighted by atomic mass is 35.5. The third-order valence-electron chi connectivity index (χ3n) is 6.24. The van der Waals surface area contributed by atoms with Gasteiger partial charge in [-0.25, -0.2) is 0 Å². The Morgan fingerprint density at radius 2 is 1.96 bits per heavy atom. The molecule has 3 atom stereocenters. The van der Waals surface area contributed by atoms with Crippen molar-refractivity contribution in [3.63, 3.8) is 0 Å². The normalized spacial score (nSPS) is 24.2. The van der Waals surface area contributed by atoms with Crippen molar-refractivity contribution in [1.29, 1.82) is 0 Å². The van der Waals surface area contributed by atoms with Gasteiger partial charge in [0, 0.05) is 18.9 Å². The van der Waals surface area contributed by atoms with E-state index in [1.807, 2.05) is 12.3 Å². The summed E-state index contributed by atoms with van der Waals surface area (Å²) in [5.74, 6) is 0.729. The molecule has 1 aromatic carbocycles. The molecule has 4 nitrogen and oxygen atoms in total. The molecule has 1 unspecified atom stereocenters. The largest absolute Gasteiger partial charge is 0.349 e. The van der Waals surface area contributed by atoms with E-state index in [0.717, 1.165) is 36.2 Å². The minimum atomic E-state index is -0.192. The zero-order valence-corrected chi connectivity index (χ0v) is 17.8. The monoisotopic (exact) mass is 421 g/mol. The molecule has 0 spiro atoms. The summed E-state index contributed by atoms with van der Waals surface area (Å²) < 4.78 is 0. The Hall–Kier alpha value is -1.62. The second-order valence-corrected chi connectivity index (χ2v) is 7.79. The average Bonchev–Trinajstić information content (AvgIpc) is 3.14. The minimum absolute atomic E-state index is 0. The number of hydrogen-bond acceptors (Lipinski definition) is 3. The summed E-state index contributed by atoms with van der Waals surface area (Å²) in [4.78, 5) is 17.3. The van der Waals surface area contributed by atoms with Crippen LogP contribution >= 0.6 is 24.8 Å². The molecule has 1 aromatic heterocycles. The van der Waals surface area contributed by atoms with Gasteiger partial charge >= 0.3 is 0 Å². The van der Waals surface area contributed by atoms with Crippen LogP contribution in [-0.2, 0) is 4.79 Å². The first-order valence-electron chi connectivity index (χ1n) is 9.71. The Bertz CT molecular complexity index is 769. The lowest BCUT2D eigenvalue weighted by molar-refractivity contribution is -0.134. The van der Waals surface area contributed by atoms with E-state index in [1.54, 1.807) is 6.20 Å². The number of hydrogen-bond donors (Lipinski definition) is 2. The van der Waals surface area contributed by atoms with Crippen LogP contribution in [0.2, 0.25) is 0 Å². The number of halogens is 2. The Labute approximate surface area is 179 Å². The van der Waals surface area contributed by atoms with Crippen molar-refractivity contribution in [3.05, 3.63) is 54.4 Å². The highest BCUT2D eigenvalue weighted by molar-refractivity contribution is 5.85. The van der Waals surface area contributed by atoms with Crippen LogP contribution in [0.1, 0.15) is 44.2 Å². The molecule has 2 heterocycles. The van der Waals surface area contributed by atoms with E-state index in [4.69, 9.17) is 0 Å². The van der Waals surface area contributed by atoms with Gasteiger partial charge in [0.25, 0.3) is 0 Å². The van der Waals surface area contributed by atoms with E-state index in [2.05, 4.69) is 52.9 Å². The molecular formula is C22H29Cl2N3O. The zero-order valence-electron chi connectivity index (χ0n) is 16.2. The third-order valence-corrected chi connectivity index (χ3v) is 6.24. The number of nitrogens with one attached hydrogen (secondary N) is 2. The molecule has 2 fully saturated rings. The summed E-state index contributed by atoms with van der Waals surface area (Å²) in [7, 11) is 0. The SMILES string of the molecule is CC(NC(=O)[C@@]12CCCC[C@H]1CNC2)c1ccc(-c2cccnc2)cc1.Cl.Cl. The first-order chi connectivity index (χ1) is 12.7. The summed E-state index contributed by atoms with van der Waals surface area (Å²) in [6, 6.07) is 12.4. The molecule has 1 saturated heterocycles. The van der Waals surface area contributed by atoms with Crippen LogP contribution in [0, 0.1) is 11.3 Å². The van der Waals surface area contributed by atoms with Gasteiger partial charge in [-0.15, -0.1) is 24.8 Å². The molecule has 1 saturated carbocycles. The minimum Gasteiger partial charge on any atom is -0.349 e. The fourth-order valence-electron chi connectivity index (χ4n) is 4.61. The molecule has 0 bridgehead atoms. The van der Waals surface area contributed by atoms with Crippen LogP contribution in [0.15, 0.2) is 48.8 Å². The van der Waals surface area contributed by atoms with Crippen molar-refractivity contribution in [2.45, 2.75) is 38.6 Å². The number of rotatable bonds is 4. The second-order valence-electron chi connectivity index (χ2n) is 7.79. The van der Waals surface area contributed by atoms with E-state index < -0.39 is 0 Å². The van der Waals surface area contributed by atoms with Crippen molar-refractivity contribution >= 4 is 30.7 Å². The van der Waals surface area contributed by atoms with Crippen molar-refractivity contribution in [1.82, 2.24) is 15.6 Å².